The minimum Gasteiger partial charge on any atom is -0.497 e. The van der Waals surface area contributed by atoms with Gasteiger partial charge in [-0.1, -0.05) is 0 Å². The molecule has 2 heterocycles. The van der Waals surface area contributed by atoms with Crippen molar-refractivity contribution in [3.63, 3.8) is 0 Å². The molecule has 2 N–H and O–H groups in total. The highest BCUT2D eigenvalue weighted by Gasteiger charge is 2.11. The van der Waals surface area contributed by atoms with E-state index in [1.807, 2.05) is 18.2 Å². The molecule has 1 aliphatic heterocycles. The van der Waals surface area contributed by atoms with Crippen LogP contribution >= 0.6 is 0 Å². The van der Waals surface area contributed by atoms with Crippen molar-refractivity contribution in [1.29, 1.82) is 0 Å². The summed E-state index contributed by atoms with van der Waals surface area (Å²) in [5, 5.41) is 3.42. The molecule has 2 aromatic rings. The van der Waals surface area contributed by atoms with Crippen molar-refractivity contribution in [2.75, 3.05) is 33.3 Å². The Kier molecular flexibility index (Phi) is 3.66. The summed E-state index contributed by atoms with van der Waals surface area (Å²) in [7, 11) is 1.68. The van der Waals surface area contributed by atoms with E-state index in [4.69, 9.17) is 4.74 Å². The highest BCUT2D eigenvalue weighted by Crippen LogP contribution is 2.19. The Morgan fingerprint density at radius 3 is 3.16 bits per heavy atom. The Balaban J connectivity index is 1.76. The number of nitrogens with zero attached hydrogens (tertiary/aromatic N) is 2. The Labute approximate surface area is 113 Å². The number of aromatic amines is 1. The Morgan fingerprint density at radius 1 is 1.32 bits per heavy atom. The Bertz CT molecular complexity index is 543. The number of imidazole rings is 1. The molecule has 19 heavy (non-hydrogen) atoms. The smallest absolute Gasteiger partial charge is 0.121 e. The van der Waals surface area contributed by atoms with E-state index >= 15 is 0 Å². The van der Waals surface area contributed by atoms with Gasteiger partial charge in [0.1, 0.15) is 11.6 Å². The van der Waals surface area contributed by atoms with Gasteiger partial charge in [-0.15, -0.1) is 0 Å². The van der Waals surface area contributed by atoms with E-state index in [0.29, 0.717) is 0 Å². The van der Waals surface area contributed by atoms with E-state index in [-0.39, 0.29) is 0 Å². The van der Waals surface area contributed by atoms with Crippen LogP contribution in [0.4, 0.5) is 0 Å². The van der Waals surface area contributed by atoms with E-state index in [1.54, 1.807) is 7.11 Å². The maximum atomic E-state index is 5.23. The summed E-state index contributed by atoms with van der Waals surface area (Å²) in [6.45, 7) is 5.29. The number of rotatable bonds is 3. The van der Waals surface area contributed by atoms with Crippen LogP contribution in [0, 0.1) is 0 Å². The third-order valence-electron chi connectivity index (χ3n) is 3.54. The maximum Gasteiger partial charge on any atom is 0.121 e. The molecule has 102 valence electrons. The van der Waals surface area contributed by atoms with Gasteiger partial charge in [-0.2, -0.15) is 0 Å². The molecule has 0 aliphatic carbocycles. The SMILES string of the molecule is COc1ccc2nc(CN3CCCNCC3)[nH]c2c1. The van der Waals surface area contributed by atoms with Crippen LogP contribution in [-0.4, -0.2) is 48.2 Å². The van der Waals surface area contributed by atoms with Crippen LogP contribution in [0.15, 0.2) is 18.2 Å². The predicted molar refractivity (Wildman–Crippen MR) is 75.4 cm³/mol. The summed E-state index contributed by atoms with van der Waals surface area (Å²) in [5.74, 6) is 1.90. The largest absolute Gasteiger partial charge is 0.497 e. The molecule has 0 bridgehead atoms. The lowest BCUT2D eigenvalue weighted by Gasteiger charge is -2.17. The molecule has 1 aliphatic rings. The third-order valence-corrected chi connectivity index (χ3v) is 3.54. The van der Waals surface area contributed by atoms with Gasteiger partial charge in [-0.25, -0.2) is 4.98 Å². The van der Waals surface area contributed by atoms with Crippen molar-refractivity contribution in [1.82, 2.24) is 20.2 Å². The summed E-state index contributed by atoms with van der Waals surface area (Å²) < 4.78 is 5.23. The van der Waals surface area contributed by atoms with E-state index in [9.17, 15) is 0 Å². The zero-order valence-corrected chi connectivity index (χ0v) is 11.3. The van der Waals surface area contributed by atoms with E-state index < -0.39 is 0 Å². The van der Waals surface area contributed by atoms with Gasteiger partial charge in [0, 0.05) is 19.2 Å². The quantitative estimate of drug-likeness (QED) is 0.875. The van der Waals surface area contributed by atoms with Gasteiger partial charge < -0.3 is 15.0 Å². The molecule has 0 atom stereocenters. The van der Waals surface area contributed by atoms with Crippen molar-refractivity contribution in [3.8, 4) is 5.75 Å². The van der Waals surface area contributed by atoms with Gasteiger partial charge in [0.25, 0.3) is 0 Å². The molecule has 3 rings (SSSR count). The molecule has 5 nitrogen and oxygen atoms in total. The number of ether oxygens (including phenoxy) is 1. The summed E-state index contributed by atoms with van der Waals surface area (Å²) in [5.41, 5.74) is 2.05. The summed E-state index contributed by atoms with van der Waals surface area (Å²) in [6.07, 6.45) is 1.20. The van der Waals surface area contributed by atoms with Crippen molar-refractivity contribution in [2.45, 2.75) is 13.0 Å². The zero-order chi connectivity index (χ0) is 13.1. The van der Waals surface area contributed by atoms with Crippen molar-refractivity contribution in [2.24, 2.45) is 0 Å². The number of fused-ring (bicyclic) bond motifs is 1. The van der Waals surface area contributed by atoms with Crippen molar-refractivity contribution < 1.29 is 4.74 Å². The minimum atomic E-state index is 0.863. The number of aromatic nitrogens is 2. The molecule has 1 aromatic carbocycles. The molecule has 0 saturated carbocycles. The average molecular weight is 260 g/mol. The highest BCUT2D eigenvalue weighted by atomic mass is 16.5. The normalized spacial score (nSPS) is 17.5. The van der Waals surface area contributed by atoms with Crippen LogP contribution < -0.4 is 10.1 Å². The minimum absolute atomic E-state index is 0.863. The summed E-state index contributed by atoms with van der Waals surface area (Å²) in [4.78, 5) is 10.5. The fraction of sp³-hybridized carbons (Fsp3) is 0.500. The van der Waals surface area contributed by atoms with Crippen LogP contribution in [0.2, 0.25) is 0 Å². The van der Waals surface area contributed by atoms with Gasteiger partial charge in [0.2, 0.25) is 0 Å². The van der Waals surface area contributed by atoms with Crippen LogP contribution in [-0.2, 0) is 6.54 Å². The van der Waals surface area contributed by atoms with Crippen LogP contribution in [0.25, 0.3) is 11.0 Å². The number of hydrogen-bond donors (Lipinski definition) is 2. The second-order valence-electron chi connectivity index (χ2n) is 4.95. The second-order valence-corrected chi connectivity index (χ2v) is 4.95. The first-order valence-corrected chi connectivity index (χ1v) is 6.81. The molecule has 0 spiro atoms. The number of hydrogen-bond acceptors (Lipinski definition) is 4. The molecule has 1 fully saturated rings. The van der Waals surface area contributed by atoms with E-state index in [2.05, 4.69) is 20.2 Å². The molecule has 5 heteroatoms. The standard InChI is InChI=1S/C14H20N4O/c1-19-11-3-4-12-13(9-11)17-14(16-12)10-18-7-2-5-15-6-8-18/h3-4,9,15H,2,5-8,10H2,1H3,(H,16,17). The molecule has 1 aromatic heterocycles. The molecular weight excluding hydrogens is 240 g/mol. The lowest BCUT2D eigenvalue weighted by atomic mass is 10.3. The van der Waals surface area contributed by atoms with Crippen molar-refractivity contribution >= 4 is 11.0 Å². The van der Waals surface area contributed by atoms with Gasteiger partial charge in [-0.3, -0.25) is 4.90 Å². The van der Waals surface area contributed by atoms with Gasteiger partial charge >= 0.3 is 0 Å². The topological polar surface area (TPSA) is 53.2 Å². The van der Waals surface area contributed by atoms with Crippen molar-refractivity contribution in [3.05, 3.63) is 24.0 Å². The molecule has 0 radical (unpaired) electrons. The average Bonchev–Trinajstić information content (AvgIpc) is 2.64. The number of benzene rings is 1. The second kappa shape index (κ2) is 5.59. The Hall–Kier alpha value is -1.59. The monoisotopic (exact) mass is 260 g/mol. The van der Waals surface area contributed by atoms with Crippen LogP contribution in [0.1, 0.15) is 12.2 Å². The van der Waals surface area contributed by atoms with Gasteiger partial charge in [0.05, 0.1) is 24.7 Å². The van der Waals surface area contributed by atoms with Gasteiger partial charge in [-0.05, 0) is 31.6 Å². The molecule has 0 amide bonds. The zero-order valence-electron chi connectivity index (χ0n) is 11.3. The number of nitrogens with one attached hydrogen (secondary N) is 2. The maximum absolute atomic E-state index is 5.23. The molecular formula is C14H20N4O. The first-order valence-electron chi connectivity index (χ1n) is 6.81. The fourth-order valence-corrected chi connectivity index (χ4v) is 2.51. The van der Waals surface area contributed by atoms with Crippen LogP contribution in [0.5, 0.6) is 5.75 Å². The molecule has 1 saturated heterocycles. The fourth-order valence-electron chi connectivity index (χ4n) is 2.51. The molecule has 0 unspecified atom stereocenters. The van der Waals surface area contributed by atoms with Crippen LogP contribution in [0.3, 0.4) is 0 Å². The number of methoxy groups -OCH3 is 1. The Morgan fingerprint density at radius 2 is 2.26 bits per heavy atom. The van der Waals surface area contributed by atoms with Gasteiger partial charge in [0.15, 0.2) is 0 Å². The lowest BCUT2D eigenvalue weighted by molar-refractivity contribution is 0.278. The summed E-state index contributed by atoms with van der Waals surface area (Å²) in [6, 6.07) is 5.94. The predicted octanol–water partition coefficient (Wildman–Crippen LogP) is 1.37. The summed E-state index contributed by atoms with van der Waals surface area (Å²) >= 11 is 0. The van der Waals surface area contributed by atoms with E-state index in [1.165, 1.54) is 6.42 Å². The third kappa shape index (κ3) is 2.88. The lowest BCUT2D eigenvalue weighted by Crippen LogP contribution is -2.28. The van der Waals surface area contributed by atoms with E-state index in [0.717, 1.165) is 55.3 Å². The first-order chi connectivity index (χ1) is 9.35. The highest BCUT2D eigenvalue weighted by molar-refractivity contribution is 5.76. The first kappa shape index (κ1) is 12.4. The number of H-pyrrole nitrogens is 1.